The van der Waals surface area contributed by atoms with Gasteiger partial charge in [-0.1, -0.05) is 19.1 Å². The maximum absolute atomic E-state index is 12.4. The predicted molar refractivity (Wildman–Crippen MR) is 69.2 cm³/mol. The molecular formula is C14H18F3NO2. The van der Waals surface area contributed by atoms with Gasteiger partial charge in [0.1, 0.15) is 0 Å². The van der Waals surface area contributed by atoms with Gasteiger partial charge in [-0.25, -0.2) is 0 Å². The number of rotatable bonds is 6. The number of carbonyl (C=O) groups excluding carboxylic acids is 1. The smallest absolute Gasteiger partial charge is 0.396 e. The Labute approximate surface area is 115 Å². The van der Waals surface area contributed by atoms with Gasteiger partial charge in [-0.05, 0) is 30.0 Å². The van der Waals surface area contributed by atoms with Crippen molar-refractivity contribution in [3.63, 3.8) is 0 Å². The number of nitrogens with one attached hydrogen (secondary N) is 1. The third-order valence-corrected chi connectivity index (χ3v) is 2.96. The Kier molecular flexibility index (Phi) is 6.01. The third-order valence-electron chi connectivity index (χ3n) is 2.96. The van der Waals surface area contributed by atoms with Crippen molar-refractivity contribution in [1.82, 2.24) is 5.32 Å². The predicted octanol–water partition coefficient (Wildman–Crippen LogP) is 2.70. The van der Waals surface area contributed by atoms with Gasteiger partial charge in [0.05, 0.1) is 5.56 Å². The lowest BCUT2D eigenvalue weighted by Crippen LogP contribution is -2.26. The van der Waals surface area contributed by atoms with E-state index in [1.165, 1.54) is 12.1 Å². The van der Waals surface area contributed by atoms with E-state index in [9.17, 15) is 18.0 Å². The highest BCUT2D eigenvalue weighted by atomic mass is 19.4. The SMILES string of the molecule is CC(CC(=O)NCCCO)c1ccc(C(F)(F)F)cc1. The van der Waals surface area contributed by atoms with E-state index < -0.39 is 11.7 Å². The van der Waals surface area contributed by atoms with Gasteiger partial charge in [-0.15, -0.1) is 0 Å². The Hall–Kier alpha value is -1.56. The van der Waals surface area contributed by atoms with Crippen molar-refractivity contribution in [3.8, 4) is 0 Å². The van der Waals surface area contributed by atoms with Crippen LogP contribution in [0.3, 0.4) is 0 Å². The largest absolute Gasteiger partial charge is 0.416 e. The number of hydrogen-bond donors (Lipinski definition) is 2. The molecule has 0 bridgehead atoms. The minimum atomic E-state index is -4.34. The molecule has 0 spiro atoms. The summed E-state index contributed by atoms with van der Waals surface area (Å²) in [5.41, 5.74) is -0.00356. The maximum Gasteiger partial charge on any atom is 0.416 e. The fraction of sp³-hybridized carbons (Fsp3) is 0.500. The molecule has 0 heterocycles. The van der Waals surface area contributed by atoms with Crippen LogP contribution in [0.25, 0.3) is 0 Å². The standard InChI is InChI=1S/C14H18F3NO2/c1-10(9-13(20)18-7-2-8-19)11-3-5-12(6-4-11)14(15,16)17/h3-6,10,19H,2,7-9H2,1H3,(H,18,20). The Morgan fingerprint density at radius 2 is 1.90 bits per heavy atom. The fourth-order valence-electron chi connectivity index (χ4n) is 1.78. The molecule has 1 rings (SSSR count). The molecule has 0 saturated heterocycles. The molecule has 1 aromatic rings. The average molecular weight is 289 g/mol. The van der Waals surface area contributed by atoms with Crippen molar-refractivity contribution in [2.75, 3.05) is 13.2 Å². The van der Waals surface area contributed by atoms with Gasteiger partial charge in [-0.2, -0.15) is 13.2 Å². The zero-order valence-electron chi connectivity index (χ0n) is 11.2. The number of alkyl halides is 3. The molecule has 112 valence electrons. The molecule has 0 saturated carbocycles. The molecule has 3 nitrogen and oxygen atoms in total. The summed E-state index contributed by atoms with van der Waals surface area (Å²) in [5, 5.41) is 11.2. The second-order valence-corrected chi connectivity index (χ2v) is 4.65. The summed E-state index contributed by atoms with van der Waals surface area (Å²) >= 11 is 0. The summed E-state index contributed by atoms with van der Waals surface area (Å²) in [7, 11) is 0. The molecule has 0 aromatic heterocycles. The topological polar surface area (TPSA) is 49.3 Å². The normalized spacial score (nSPS) is 13.1. The zero-order chi connectivity index (χ0) is 15.2. The van der Waals surface area contributed by atoms with Gasteiger partial charge in [0.15, 0.2) is 0 Å². The Balaban J connectivity index is 2.55. The molecule has 1 amide bonds. The van der Waals surface area contributed by atoms with Gasteiger partial charge in [0.2, 0.25) is 5.91 Å². The van der Waals surface area contributed by atoms with E-state index in [4.69, 9.17) is 5.11 Å². The average Bonchev–Trinajstić information content (AvgIpc) is 2.38. The lowest BCUT2D eigenvalue weighted by Gasteiger charge is -2.13. The van der Waals surface area contributed by atoms with Crippen LogP contribution in [0, 0.1) is 0 Å². The molecule has 2 N–H and O–H groups in total. The van der Waals surface area contributed by atoms with E-state index in [1.807, 2.05) is 0 Å². The number of halogens is 3. The first-order chi connectivity index (χ1) is 9.34. The van der Waals surface area contributed by atoms with E-state index in [0.717, 1.165) is 12.1 Å². The number of hydrogen-bond acceptors (Lipinski definition) is 2. The van der Waals surface area contributed by atoms with Gasteiger partial charge in [-0.3, -0.25) is 4.79 Å². The zero-order valence-corrected chi connectivity index (χ0v) is 11.2. The van der Waals surface area contributed by atoms with E-state index in [2.05, 4.69) is 5.32 Å². The monoisotopic (exact) mass is 289 g/mol. The number of carbonyl (C=O) groups is 1. The molecule has 20 heavy (non-hydrogen) atoms. The quantitative estimate of drug-likeness (QED) is 0.791. The van der Waals surface area contributed by atoms with Crippen LogP contribution in [0.5, 0.6) is 0 Å². The maximum atomic E-state index is 12.4. The number of aliphatic hydroxyl groups is 1. The van der Waals surface area contributed by atoms with E-state index >= 15 is 0 Å². The second kappa shape index (κ2) is 7.28. The van der Waals surface area contributed by atoms with E-state index in [1.54, 1.807) is 6.92 Å². The fourth-order valence-corrected chi connectivity index (χ4v) is 1.78. The Morgan fingerprint density at radius 3 is 2.40 bits per heavy atom. The van der Waals surface area contributed by atoms with Crippen molar-refractivity contribution < 1.29 is 23.1 Å². The van der Waals surface area contributed by atoms with E-state index in [0.29, 0.717) is 18.5 Å². The van der Waals surface area contributed by atoms with Gasteiger partial charge in [0, 0.05) is 19.6 Å². The molecule has 6 heteroatoms. The highest BCUT2D eigenvalue weighted by Crippen LogP contribution is 2.30. The first kappa shape index (κ1) is 16.5. The van der Waals surface area contributed by atoms with Crippen LogP contribution in [-0.4, -0.2) is 24.2 Å². The van der Waals surface area contributed by atoms with Crippen molar-refractivity contribution in [2.45, 2.75) is 31.9 Å². The Morgan fingerprint density at radius 1 is 1.30 bits per heavy atom. The minimum Gasteiger partial charge on any atom is -0.396 e. The third kappa shape index (κ3) is 5.21. The summed E-state index contributed by atoms with van der Waals surface area (Å²) in [6.07, 6.45) is -3.65. The van der Waals surface area contributed by atoms with Crippen LogP contribution in [0.15, 0.2) is 24.3 Å². The van der Waals surface area contributed by atoms with Crippen LogP contribution in [0.2, 0.25) is 0 Å². The summed E-state index contributed by atoms with van der Waals surface area (Å²) in [6, 6.07) is 4.84. The van der Waals surface area contributed by atoms with Crippen LogP contribution >= 0.6 is 0 Å². The second-order valence-electron chi connectivity index (χ2n) is 4.65. The molecule has 1 aromatic carbocycles. The molecule has 0 radical (unpaired) electrons. The van der Waals surface area contributed by atoms with Gasteiger partial charge in [0.25, 0.3) is 0 Å². The molecule has 1 atom stereocenters. The number of benzene rings is 1. The van der Waals surface area contributed by atoms with E-state index in [-0.39, 0.29) is 24.9 Å². The minimum absolute atomic E-state index is 0.00867. The van der Waals surface area contributed by atoms with Gasteiger partial charge < -0.3 is 10.4 Å². The molecule has 1 unspecified atom stereocenters. The molecular weight excluding hydrogens is 271 g/mol. The van der Waals surface area contributed by atoms with Crippen LogP contribution in [0.4, 0.5) is 13.2 Å². The number of amides is 1. The van der Waals surface area contributed by atoms with Crippen LogP contribution < -0.4 is 5.32 Å². The number of aliphatic hydroxyl groups excluding tert-OH is 1. The molecule has 0 aliphatic rings. The summed E-state index contributed by atoms with van der Waals surface area (Å²) in [4.78, 5) is 11.6. The first-order valence-corrected chi connectivity index (χ1v) is 6.39. The lowest BCUT2D eigenvalue weighted by atomic mass is 9.96. The van der Waals surface area contributed by atoms with Crippen molar-refractivity contribution in [3.05, 3.63) is 35.4 Å². The van der Waals surface area contributed by atoms with Crippen molar-refractivity contribution >= 4 is 5.91 Å². The first-order valence-electron chi connectivity index (χ1n) is 6.39. The van der Waals surface area contributed by atoms with Gasteiger partial charge >= 0.3 is 6.18 Å². The highest BCUT2D eigenvalue weighted by Gasteiger charge is 2.30. The summed E-state index contributed by atoms with van der Waals surface area (Å²) < 4.78 is 37.3. The highest BCUT2D eigenvalue weighted by molar-refractivity contribution is 5.76. The van der Waals surface area contributed by atoms with Crippen LogP contribution in [-0.2, 0) is 11.0 Å². The summed E-state index contributed by atoms with van der Waals surface area (Å²) in [5.74, 6) is -0.336. The van der Waals surface area contributed by atoms with Crippen LogP contribution in [0.1, 0.15) is 36.8 Å². The molecule has 0 aliphatic heterocycles. The van der Waals surface area contributed by atoms with Crippen molar-refractivity contribution in [1.29, 1.82) is 0 Å². The molecule has 0 aliphatic carbocycles. The summed E-state index contributed by atoms with van der Waals surface area (Å²) in [6.45, 7) is 2.19. The lowest BCUT2D eigenvalue weighted by molar-refractivity contribution is -0.137. The molecule has 0 fully saturated rings. The Bertz CT molecular complexity index is 429. The van der Waals surface area contributed by atoms with Crippen molar-refractivity contribution in [2.24, 2.45) is 0 Å².